The van der Waals surface area contributed by atoms with Crippen molar-refractivity contribution < 1.29 is 19.1 Å². The third kappa shape index (κ3) is 3.74. The molecule has 1 atom stereocenters. The monoisotopic (exact) mass is 512 g/mol. The van der Waals surface area contributed by atoms with Gasteiger partial charge in [0.2, 0.25) is 5.60 Å². The van der Waals surface area contributed by atoms with Gasteiger partial charge >= 0.3 is 11.9 Å². The van der Waals surface area contributed by atoms with Gasteiger partial charge in [-0.25, -0.2) is 14.6 Å². The van der Waals surface area contributed by atoms with Crippen LogP contribution in [0, 0.1) is 0 Å². The van der Waals surface area contributed by atoms with Crippen LogP contribution in [0.5, 0.6) is 0 Å². The first-order valence-corrected chi connectivity index (χ1v) is 12.3. The summed E-state index contributed by atoms with van der Waals surface area (Å²) >= 11 is 5.92. The summed E-state index contributed by atoms with van der Waals surface area (Å²) in [5, 5.41) is 1.56. The molecule has 7 nitrogen and oxygen atoms in total. The highest BCUT2D eigenvalue weighted by molar-refractivity contribution is 6.30. The number of para-hydroxylation sites is 1. The normalized spacial score (nSPS) is 17.8. The maximum absolute atomic E-state index is 13.6. The first kappa shape index (κ1) is 23.2. The number of aromatic nitrogens is 2. The predicted octanol–water partition coefficient (Wildman–Crippen LogP) is 5.00. The lowest BCUT2D eigenvalue weighted by Crippen LogP contribution is -2.47. The van der Waals surface area contributed by atoms with Crippen molar-refractivity contribution in [2.75, 3.05) is 0 Å². The number of rotatable bonds is 4. The average molecular weight is 513 g/mol. The van der Waals surface area contributed by atoms with Crippen LogP contribution in [0.4, 0.5) is 0 Å². The molecule has 0 aliphatic carbocycles. The Morgan fingerprint density at radius 1 is 1.16 bits per heavy atom. The molecule has 4 aromatic rings. The number of carbonyl (C=O) groups excluding carboxylic acids is 2. The second kappa shape index (κ2) is 8.71. The first-order valence-electron chi connectivity index (χ1n) is 11.9. The summed E-state index contributed by atoms with van der Waals surface area (Å²) < 4.78 is 12.8. The van der Waals surface area contributed by atoms with Gasteiger partial charge < -0.3 is 14.0 Å². The van der Waals surface area contributed by atoms with Crippen molar-refractivity contribution in [3.63, 3.8) is 0 Å². The Bertz CT molecular complexity index is 1690. The third-order valence-electron chi connectivity index (χ3n) is 6.94. The Hall–Kier alpha value is -4.23. The Morgan fingerprint density at radius 3 is 2.73 bits per heavy atom. The summed E-state index contributed by atoms with van der Waals surface area (Å²) in [4.78, 5) is 44.4. The largest absolute Gasteiger partial charge is 0.457 e. The lowest BCUT2D eigenvalue weighted by atomic mass is 9.85. The number of benzene rings is 2. The number of esters is 2. The molecular weight excluding hydrogens is 492 g/mol. The quantitative estimate of drug-likeness (QED) is 0.249. The van der Waals surface area contributed by atoms with Crippen molar-refractivity contribution in [1.29, 1.82) is 0 Å². The maximum Gasteiger partial charge on any atom is 0.355 e. The third-order valence-corrected chi connectivity index (χ3v) is 7.19. The van der Waals surface area contributed by atoms with Crippen LogP contribution in [-0.2, 0) is 37.8 Å². The van der Waals surface area contributed by atoms with Crippen LogP contribution in [0.1, 0.15) is 35.6 Å². The molecule has 2 aliphatic rings. The van der Waals surface area contributed by atoms with Gasteiger partial charge in [-0.1, -0.05) is 48.9 Å². The van der Waals surface area contributed by atoms with Crippen LogP contribution >= 0.6 is 11.6 Å². The number of fused-ring (bicyclic) bond motifs is 5. The molecule has 0 spiro atoms. The number of cyclic esters (lactones) is 1. The maximum atomic E-state index is 13.6. The molecule has 37 heavy (non-hydrogen) atoms. The summed E-state index contributed by atoms with van der Waals surface area (Å²) in [7, 11) is 0. The molecule has 8 heteroatoms. The molecule has 0 bridgehead atoms. The minimum absolute atomic E-state index is 0.0975. The molecule has 2 aliphatic heterocycles. The lowest BCUT2D eigenvalue weighted by Gasteiger charge is -2.35. The Morgan fingerprint density at radius 2 is 1.95 bits per heavy atom. The van der Waals surface area contributed by atoms with Crippen LogP contribution < -0.4 is 5.56 Å². The van der Waals surface area contributed by atoms with E-state index in [2.05, 4.69) is 0 Å². The van der Waals surface area contributed by atoms with Crippen molar-refractivity contribution in [3.8, 4) is 11.4 Å². The summed E-state index contributed by atoms with van der Waals surface area (Å²) in [5.74, 6) is -1.43. The first-order chi connectivity index (χ1) is 17.9. The zero-order valence-corrected chi connectivity index (χ0v) is 20.6. The van der Waals surface area contributed by atoms with E-state index < -0.39 is 17.5 Å². The highest BCUT2D eigenvalue weighted by atomic mass is 35.5. The van der Waals surface area contributed by atoms with Crippen molar-refractivity contribution in [3.05, 3.63) is 104 Å². The van der Waals surface area contributed by atoms with E-state index in [1.807, 2.05) is 30.3 Å². The smallest absolute Gasteiger partial charge is 0.355 e. The number of halogens is 1. The van der Waals surface area contributed by atoms with E-state index in [1.54, 1.807) is 47.9 Å². The fourth-order valence-corrected chi connectivity index (χ4v) is 5.15. The topological polar surface area (TPSA) is 87.5 Å². The molecule has 184 valence electrons. The minimum Gasteiger partial charge on any atom is -0.457 e. The predicted molar refractivity (Wildman–Crippen MR) is 139 cm³/mol. The van der Waals surface area contributed by atoms with E-state index in [-0.39, 0.29) is 18.6 Å². The standard InChI is InChI=1S/C29H21ClN2O5/c1-2-29(37-25(33)12-9-17-7-10-20(30)11-8-17)22-14-24-26-19(13-18-5-3-4-6-23(18)31-26)15-32(24)27(34)21(22)16-36-28(29)35/h3-14H,2,15-16H2,1H3/b12-9+/t29-/m0/s1. The number of hydrogen-bond donors (Lipinski definition) is 0. The van der Waals surface area contributed by atoms with Gasteiger partial charge in [-0.15, -0.1) is 0 Å². The number of ether oxygens (including phenoxy) is 2. The van der Waals surface area contributed by atoms with Gasteiger partial charge in [-0.3, -0.25) is 4.79 Å². The van der Waals surface area contributed by atoms with E-state index in [4.69, 9.17) is 26.1 Å². The lowest BCUT2D eigenvalue weighted by molar-refractivity contribution is -0.186. The highest BCUT2D eigenvalue weighted by Gasteiger charge is 2.50. The van der Waals surface area contributed by atoms with Crippen molar-refractivity contribution in [2.45, 2.75) is 32.1 Å². The Balaban J connectivity index is 1.43. The molecule has 0 N–H and O–H groups in total. The summed E-state index contributed by atoms with van der Waals surface area (Å²) in [5.41, 5.74) is 2.34. The molecule has 2 aromatic heterocycles. The van der Waals surface area contributed by atoms with Gasteiger partial charge in [-0.05, 0) is 48.4 Å². The van der Waals surface area contributed by atoms with Crippen molar-refractivity contribution >= 4 is 40.5 Å². The van der Waals surface area contributed by atoms with Gasteiger partial charge in [0.25, 0.3) is 5.56 Å². The molecule has 0 saturated carbocycles. The molecule has 4 heterocycles. The minimum atomic E-state index is -1.75. The van der Waals surface area contributed by atoms with E-state index in [1.165, 1.54) is 6.08 Å². The van der Waals surface area contributed by atoms with Gasteiger partial charge in [-0.2, -0.15) is 0 Å². The van der Waals surface area contributed by atoms with E-state index in [9.17, 15) is 14.4 Å². The Kier molecular flexibility index (Phi) is 5.46. The fourth-order valence-electron chi connectivity index (χ4n) is 5.03. The second-order valence-corrected chi connectivity index (χ2v) is 9.50. The van der Waals surface area contributed by atoms with Gasteiger partial charge in [0.1, 0.15) is 6.61 Å². The zero-order valence-electron chi connectivity index (χ0n) is 19.9. The van der Waals surface area contributed by atoms with Crippen LogP contribution in [0.15, 0.2) is 71.5 Å². The molecule has 0 fully saturated rings. The highest BCUT2D eigenvalue weighted by Crippen LogP contribution is 2.41. The summed E-state index contributed by atoms with van der Waals surface area (Å²) in [6, 6.07) is 18.4. The van der Waals surface area contributed by atoms with Crippen LogP contribution in [0.25, 0.3) is 28.4 Å². The van der Waals surface area contributed by atoms with Crippen LogP contribution in [0.3, 0.4) is 0 Å². The van der Waals surface area contributed by atoms with Crippen LogP contribution in [0.2, 0.25) is 5.02 Å². The van der Waals surface area contributed by atoms with Gasteiger partial charge in [0.15, 0.2) is 0 Å². The summed E-state index contributed by atoms with van der Waals surface area (Å²) in [6.45, 7) is 1.90. The molecule has 0 saturated heterocycles. The summed E-state index contributed by atoms with van der Waals surface area (Å²) in [6.07, 6.45) is 2.91. The molecule has 0 amide bonds. The molecule has 2 aromatic carbocycles. The number of hydrogen-bond acceptors (Lipinski definition) is 6. The SMILES string of the molecule is CC[C@@]1(OC(=O)/C=C/c2ccc(Cl)cc2)C(=O)OCc2c1cc1n(c2=O)Cc2cc3ccccc3nc2-1. The fraction of sp³-hybridized carbons (Fsp3) is 0.172. The van der Waals surface area contributed by atoms with Crippen molar-refractivity contribution in [1.82, 2.24) is 9.55 Å². The van der Waals surface area contributed by atoms with E-state index in [0.29, 0.717) is 34.1 Å². The van der Waals surface area contributed by atoms with Gasteiger partial charge in [0.05, 0.1) is 29.0 Å². The second-order valence-electron chi connectivity index (χ2n) is 9.06. The van der Waals surface area contributed by atoms with E-state index >= 15 is 0 Å². The van der Waals surface area contributed by atoms with Crippen molar-refractivity contribution in [2.24, 2.45) is 0 Å². The van der Waals surface area contributed by atoms with Crippen LogP contribution in [-0.4, -0.2) is 21.5 Å². The zero-order chi connectivity index (χ0) is 25.7. The van der Waals surface area contributed by atoms with Gasteiger partial charge in [0, 0.05) is 27.6 Å². The average Bonchev–Trinajstić information content (AvgIpc) is 3.26. The van der Waals surface area contributed by atoms with E-state index in [0.717, 1.165) is 22.0 Å². The molecule has 6 rings (SSSR count). The molecule has 0 unspecified atom stereocenters. The Labute approximate surface area is 216 Å². The molecule has 0 radical (unpaired) electrons. The number of carbonyl (C=O) groups is 2. The molecular formula is C29H21ClN2O5. The number of pyridine rings is 2. The number of nitrogens with zero attached hydrogens (tertiary/aromatic N) is 2.